The predicted molar refractivity (Wildman–Crippen MR) is 63.9 cm³/mol. The summed E-state index contributed by atoms with van der Waals surface area (Å²) in [5.41, 5.74) is 1.09. The molecule has 2 aromatic rings. The Hall–Kier alpha value is -2.67. The molecule has 0 radical (unpaired) electrons. The number of carbonyl (C=O) groups excluding carboxylic acids is 1. The first kappa shape index (κ1) is 11.8. The molecule has 0 spiro atoms. The lowest BCUT2D eigenvalue weighted by atomic mass is 10.0. The van der Waals surface area contributed by atoms with Gasteiger partial charge in [-0.25, -0.2) is 5.84 Å². The van der Waals surface area contributed by atoms with Crippen molar-refractivity contribution in [2.24, 2.45) is 5.84 Å². The van der Waals surface area contributed by atoms with E-state index in [1.54, 1.807) is 18.2 Å². The molecule has 1 amide bonds. The van der Waals surface area contributed by atoms with Crippen molar-refractivity contribution in [2.75, 3.05) is 0 Å². The Labute approximate surface area is 101 Å². The summed E-state index contributed by atoms with van der Waals surface area (Å²) in [7, 11) is 0. The van der Waals surface area contributed by atoms with Crippen LogP contribution in [0.25, 0.3) is 10.8 Å². The van der Waals surface area contributed by atoms with Crippen LogP contribution < -0.4 is 11.3 Å². The van der Waals surface area contributed by atoms with Crippen LogP contribution >= 0.6 is 0 Å². The second kappa shape index (κ2) is 4.30. The van der Waals surface area contributed by atoms with E-state index in [0.29, 0.717) is 5.39 Å². The second-order valence-corrected chi connectivity index (χ2v) is 3.57. The number of amides is 1. The van der Waals surface area contributed by atoms with Crippen LogP contribution in [0.4, 0.5) is 5.69 Å². The van der Waals surface area contributed by atoms with Crippen molar-refractivity contribution in [3.63, 3.8) is 0 Å². The van der Waals surface area contributed by atoms with Crippen LogP contribution in [0.2, 0.25) is 0 Å². The Bertz CT molecular complexity index is 654. The maximum Gasteiger partial charge on any atom is 0.319 e. The number of nitrogens with two attached hydrogens (primary N) is 1. The number of rotatable bonds is 2. The van der Waals surface area contributed by atoms with Crippen LogP contribution in [0.5, 0.6) is 5.75 Å². The van der Waals surface area contributed by atoms with E-state index in [2.05, 4.69) is 0 Å². The number of aromatic hydroxyl groups is 1. The molecule has 0 bridgehead atoms. The number of fused-ring (bicyclic) bond motifs is 1. The largest absolute Gasteiger partial charge is 0.502 e. The minimum absolute atomic E-state index is 0.233. The van der Waals surface area contributed by atoms with Gasteiger partial charge in [-0.2, -0.15) is 0 Å². The number of benzene rings is 2. The number of hydrogen-bond acceptors (Lipinski definition) is 5. The van der Waals surface area contributed by atoms with E-state index in [1.165, 1.54) is 12.1 Å². The molecule has 0 fully saturated rings. The maximum absolute atomic E-state index is 11.4. The van der Waals surface area contributed by atoms with Gasteiger partial charge in [0.2, 0.25) is 5.75 Å². The summed E-state index contributed by atoms with van der Waals surface area (Å²) >= 11 is 0. The highest BCUT2D eigenvalue weighted by Crippen LogP contribution is 2.37. The Morgan fingerprint density at radius 3 is 2.67 bits per heavy atom. The lowest BCUT2D eigenvalue weighted by Gasteiger charge is -2.07. The first-order chi connectivity index (χ1) is 8.56. The molecule has 0 aromatic heterocycles. The molecule has 4 N–H and O–H groups in total. The first-order valence-electron chi connectivity index (χ1n) is 4.96. The van der Waals surface area contributed by atoms with Crippen molar-refractivity contribution in [1.82, 2.24) is 5.43 Å². The summed E-state index contributed by atoms with van der Waals surface area (Å²) in [6, 6.07) is 7.73. The molecule has 92 valence electrons. The molecule has 7 nitrogen and oxygen atoms in total. The van der Waals surface area contributed by atoms with Crippen molar-refractivity contribution in [3.8, 4) is 5.75 Å². The van der Waals surface area contributed by atoms with Crippen LogP contribution in [0.1, 0.15) is 10.4 Å². The number of nitro benzene ring substituents is 1. The van der Waals surface area contributed by atoms with Crippen LogP contribution in [0, 0.1) is 10.1 Å². The Balaban J connectivity index is 2.88. The molecule has 18 heavy (non-hydrogen) atoms. The van der Waals surface area contributed by atoms with Crippen LogP contribution in [0.3, 0.4) is 0 Å². The lowest BCUT2D eigenvalue weighted by molar-refractivity contribution is -0.384. The molecule has 0 atom stereocenters. The lowest BCUT2D eigenvalue weighted by Crippen LogP contribution is -2.30. The van der Waals surface area contributed by atoms with Crippen LogP contribution in [-0.2, 0) is 0 Å². The van der Waals surface area contributed by atoms with E-state index >= 15 is 0 Å². The number of hydrazine groups is 1. The summed E-state index contributed by atoms with van der Waals surface area (Å²) in [6.45, 7) is 0. The molecule has 2 rings (SSSR count). The predicted octanol–water partition coefficient (Wildman–Crippen LogP) is 1.06. The second-order valence-electron chi connectivity index (χ2n) is 3.57. The first-order valence-corrected chi connectivity index (χ1v) is 4.96. The molecular weight excluding hydrogens is 238 g/mol. The van der Waals surface area contributed by atoms with Crippen molar-refractivity contribution >= 4 is 22.4 Å². The summed E-state index contributed by atoms with van der Waals surface area (Å²) in [4.78, 5) is 21.7. The van der Waals surface area contributed by atoms with Gasteiger partial charge in [-0.1, -0.05) is 18.2 Å². The molecule has 2 aromatic carbocycles. The Kier molecular flexibility index (Phi) is 2.82. The van der Waals surface area contributed by atoms with Crippen molar-refractivity contribution in [1.29, 1.82) is 0 Å². The van der Waals surface area contributed by atoms with E-state index in [0.717, 1.165) is 0 Å². The van der Waals surface area contributed by atoms with E-state index in [9.17, 15) is 20.0 Å². The quantitative estimate of drug-likeness (QED) is 0.317. The van der Waals surface area contributed by atoms with Gasteiger partial charge < -0.3 is 5.11 Å². The number of hydrogen-bond donors (Lipinski definition) is 3. The monoisotopic (exact) mass is 247 g/mol. The van der Waals surface area contributed by atoms with Gasteiger partial charge in [0.15, 0.2) is 0 Å². The van der Waals surface area contributed by atoms with E-state index in [-0.39, 0.29) is 10.9 Å². The fourth-order valence-corrected chi connectivity index (χ4v) is 1.75. The Morgan fingerprint density at radius 2 is 2.06 bits per heavy atom. The number of phenolic OH excluding ortho intramolecular Hbond substituents is 1. The molecule has 0 saturated heterocycles. The van der Waals surface area contributed by atoms with Gasteiger partial charge in [0, 0.05) is 0 Å². The smallest absolute Gasteiger partial charge is 0.319 e. The van der Waals surface area contributed by atoms with Gasteiger partial charge in [-0.3, -0.25) is 20.3 Å². The number of phenols is 1. The molecule has 7 heteroatoms. The number of nitrogens with zero attached hydrogens (tertiary/aromatic N) is 1. The highest BCUT2D eigenvalue weighted by Gasteiger charge is 2.24. The van der Waals surface area contributed by atoms with Crippen molar-refractivity contribution in [3.05, 3.63) is 46.0 Å². The third-order valence-electron chi connectivity index (χ3n) is 2.55. The molecule has 0 heterocycles. The van der Waals surface area contributed by atoms with Gasteiger partial charge >= 0.3 is 5.69 Å². The number of carbonyl (C=O) groups is 1. The van der Waals surface area contributed by atoms with Gasteiger partial charge in [0.1, 0.15) is 0 Å². The zero-order valence-corrected chi connectivity index (χ0v) is 9.08. The fraction of sp³-hybridized carbons (Fsp3) is 0. The van der Waals surface area contributed by atoms with E-state index in [1.807, 2.05) is 5.43 Å². The van der Waals surface area contributed by atoms with Crippen molar-refractivity contribution in [2.45, 2.75) is 0 Å². The van der Waals surface area contributed by atoms with Gasteiger partial charge in [0.25, 0.3) is 5.91 Å². The van der Waals surface area contributed by atoms with Crippen LogP contribution in [0.15, 0.2) is 30.3 Å². The standard InChI is InChI=1S/C11H9N3O4/c12-13-11(16)8-5-6-3-1-2-4-7(6)9(10(8)15)14(17)18/h1-5,15H,12H2,(H,13,16). The average molecular weight is 247 g/mol. The molecule has 0 unspecified atom stereocenters. The average Bonchev–Trinajstić information content (AvgIpc) is 2.36. The fourth-order valence-electron chi connectivity index (χ4n) is 1.75. The number of nitrogen functional groups attached to an aromatic ring is 1. The zero-order valence-electron chi connectivity index (χ0n) is 9.08. The molecule has 0 aliphatic heterocycles. The van der Waals surface area contributed by atoms with Gasteiger partial charge in [-0.15, -0.1) is 0 Å². The summed E-state index contributed by atoms with van der Waals surface area (Å²) in [6.07, 6.45) is 0. The highest BCUT2D eigenvalue weighted by molar-refractivity contribution is 6.05. The SMILES string of the molecule is NNC(=O)c1cc2ccccc2c([N+](=O)[O-])c1O. The minimum atomic E-state index is -0.790. The Morgan fingerprint density at radius 1 is 1.39 bits per heavy atom. The maximum atomic E-state index is 11.4. The van der Waals surface area contributed by atoms with Gasteiger partial charge in [-0.05, 0) is 17.5 Å². The highest BCUT2D eigenvalue weighted by atomic mass is 16.6. The summed E-state index contributed by atoms with van der Waals surface area (Å²) < 4.78 is 0. The minimum Gasteiger partial charge on any atom is -0.502 e. The molecule has 0 aliphatic carbocycles. The third-order valence-corrected chi connectivity index (χ3v) is 2.55. The number of nitrogens with one attached hydrogen (secondary N) is 1. The third kappa shape index (κ3) is 1.72. The summed E-state index contributed by atoms with van der Waals surface area (Å²) in [5, 5.41) is 21.5. The molecule has 0 saturated carbocycles. The summed E-state index contributed by atoms with van der Waals surface area (Å²) in [5.74, 6) is 3.48. The molecule has 0 aliphatic rings. The number of nitro groups is 1. The van der Waals surface area contributed by atoms with Crippen molar-refractivity contribution < 1.29 is 14.8 Å². The zero-order chi connectivity index (χ0) is 13.3. The van der Waals surface area contributed by atoms with E-state index in [4.69, 9.17) is 5.84 Å². The molecular formula is C11H9N3O4. The topological polar surface area (TPSA) is 118 Å². The van der Waals surface area contributed by atoms with Crippen LogP contribution in [-0.4, -0.2) is 15.9 Å². The normalized spacial score (nSPS) is 10.3. The van der Waals surface area contributed by atoms with Gasteiger partial charge in [0.05, 0.1) is 15.9 Å². The van der Waals surface area contributed by atoms with E-state index < -0.39 is 22.3 Å².